The van der Waals surface area contributed by atoms with Crippen molar-refractivity contribution in [2.45, 2.75) is 12.8 Å². The van der Waals surface area contributed by atoms with Gasteiger partial charge in [0.2, 0.25) is 11.8 Å². The summed E-state index contributed by atoms with van der Waals surface area (Å²) in [4.78, 5) is 33.9. The van der Waals surface area contributed by atoms with Crippen LogP contribution in [0.1, 0.15) is 12.8 Å². The summed E-state index contributed by atoms with van der Waals surface area (Å²) in [5, 5.41) is 0. The molecular formula is C17H24FN5O2. The molecule has 2 aliphatic rings. The first-order valence-corrected chi connectivity index (χ1v) is 8.69. The van der Waals surface area contributed by atoms with E-state index in [2.05, 4.69) is 14.8 Å². The van der Waals surface area contributed by atoms with Crippen LogP contribution in [0.2, 0.25) is 0 Å². The second-order valence-electron chi connectivity index (χ2n) is 6.68. The number of amides is 2. The molecule has 0 radical (unpaired) electrons. The average Bonchev–Trinajstić information content (AvgIpc) is 2.63. The number of carbonyl (C=O) groups excluding carboxylic acids is 2. The lowest BCUT2D eigenvalue weighted by Gasteiger charge is -2.37. The zero-order valence-corrected chi connectivity index (χ0v) is 14.2. The van der Waals surface area contributed by atoms with Crippen LogP contribution < -0.4 is 10.6 Å². The highest BCUT2D eigenvalue weighted by atomic mass is 19.1. The molecule has 1 aromatic heterocycles. The van der Waals surface area contributed by atoms with Crippen LogP contribution >= 0.6 is 0 Å². The Labute approximate surface area is 146 Å². The van der Waals surface area contributed by atoms with Gasteiger partial charge in [-0.3, -0.25) is 14.5 Å². The lowest BCUT2D eigenvalue weighted by Crippen LogP contribution is -2.52. The van der Waals surface area contributed by atoms with E-state index in [9.17, 15) is 14.0 Å². The van der Waals surface area contributed by atoms with Crippen molar-refractivity contribution in [2.75, 3.05) is 50.7 Å². The first-order valence-electron chi connectivity index (χ1n) is 8.69. The van der Waals surface area contributed by atoms with Crippen LogP contribution in [-0.4, -0.2) is 72.4 Å². The van der Waals surface area contributed by atoms with Crippen molar-refractivity contribution in [2.24, 2.45) is 11.7 Å². The minimum absolute atomic E-state index is 0.0549. The third-order valence-electron chi connectivity index (χ3n) is 4.94. The Balaban J connectivity index is 1.47. The molecule has 0 bridgehead atoms. The number of hydrogen-bond donors (Lipinski definition) is 1. The summed E-state index contributed by atoms with van der Waals surface area (Å²) in [5.74, 6) is -0.0761. The Hall–Kier alpha value is -2.22. The molecule has 0 aromatic carbocycles. The van der Waals surface area contributed by atoms with Crippen molar-refractivity contribution < 1.29 is 14.0 Å². The van der Waals surface area contributed by atoms with Crippen LogP contribution in [0.3, 0.4) is 0 Å². The van der Waals surface area contributed by atoms with Crippen molar-refractivity contribution in [3.05, 3.63) is 24.1 Å². The number of anilines is 1. The zero-order valence-electron chi connectivity index (χ0n) is 14.2. The van der Waals surface area contributed by atoms with Gasteiger partial charge in [0.15, 0.2) is 0 Å². The van der Waals surface area contributed by atoms with Crippen molar-refractivity contribution in [1.29, 1.82) is 0 Å². The summed E-state index contributed by atoms with van der Waals surface area (Å²) < 4.78 is 13.0. The van der Waals surface area contributed by atoms with Crippen LogP contribution in [0.4, 0.5) is 10.2 Å². The molecule has 0 spiro atoms. The molecule has 7 nitrogen and oxygen atoms in total. The van der Waals surface area contributed by atoms with Gasteiger partial charge in [-0.2, -0.15) is 0 Å². The molecule has 2 aliphatic heterocycles. The summed E-state index contributed by atoms with van der Waals surface area (Å²) in [6.07, 6.45) is 2.81. The number of nitrogens with two attached hydrogens (primary N) is 1. The number of nitrogens with zero attached hydrogens (tertiary/aromatic N) is 4. The monoisotopic (exact) mass is 349 g/mol. The summed E-state index contributed by atoms with van der Waals surface area (Å²) in [7, 11) is 0. The van der Waals surface area contributed by atoms with Gasteiger partial charge < -0.3 is 15.5 Å². The molecule has 25 heavy (non-hydrogen) atoms. The third kappa shape index (κ3) is 4.45. The maximum atomic E-state index is 13.0. The van der Waals surface area contributed by atoms with Crippen LogP contribution in [-0.2, 0) is 9.59 Å². The molecule has 1 aromatic rings. The average molecular weight is 349 g/mol. The van der Waals surface area contributed by atoms with Gasteiger partial charge in [0, 0.05) is 39.3 Å². The summed E-state index contributed by atoms with van der Waals surface area (Å²) >= 11 is 0. The van der Waals surface area contributed by atoms with Gasteiger partial charge in [-0.05, 0) is 25.0 Å². The molecule has 2 amide bonds. The van der Waals surface area contributed by atoms with Gasteiger partial charge in [0.05, 0.1) is 18.7 Å². The highest BCUT2D eigenvalue weighted by Gasteiger charge is 2.28. The number of pyridine rings is 1. The van der Waals surface area contributed by atoms with Crippen LogP contribution in [0, 0.1) is 11.7 Å². The number of aromatic nitrogens is 1. The number of piperazine rings is 1. The van der Waals surface area contributed by atoms with E-state index >= 15 is 0 Å². The first-order chi connectivity index (χ1) is 12.0. The Kier molecular flexibility index (Phi) is 5.47. The highest BCUT2D eigenvalue weighted by molar-refractivity contribution is 5.81. The molecule has 136 valence electrons. The normalized spacial score (nSPS) is 22.0. The fraction of sp³-hybridized carbons (Fsp3) is 0.588. The summed E-state index contributed by atoms with van der Waals surface area (Å²) in [6, 6.07) is 3.08. The van der Waals surface area contributed by atoms with E-state index in [4.69, 9.17) is 5.73 Å². The second-order valence-corrected chi connectivity index (χ2v) is 6.68. The number of carbonyl (C=O) groups is 2. The topological polar surface area (TPSA) is 82.8 Å². The minimum Gasteiger partial charge on any atom is -0.369 e. The molecule has 8 heteroatoms. The Bertz CT molecular complexity index is 616. The molecule has 1 atom stereocenters. The zero-order chi connectivity index (χ0) is 17.8. The Morgan fingerprint density at radius 1 is 1.20 bits per heavy atom. The highest BCUT2D eigenvalue weighted by Crippen LogP contribution is 2.17. The van der Waals surface area contributed by atoms with Gasteiger partial charge in [0.25, 0.3) is 0 Å². The van der Waals surface area contributed by atoms with E-state index in [0.29, 0.717) is 19.6 Å². The van der Waals surface area contributed by atoms with Crippen LogP contribution in [0.25, 0.3) is 0 Å². The van der Waals surface area contributed by atoms with Gasteiger partial charge in [0.1, 0.15) is 11.6 Å². The van der Waals surface area contributed by atoms with E-state index in [1.165, 1.54) is 12.3 Å². The number of primary amides is 1. The Morgan fingerprint density at radius 2 is 1.96 bits per heavy atom. The molecule has 2 fully saturated rings. The number of likely N-dealkylation sites (tertiary alicyclic amines) is 1. The maximum Gasteiger partial charge on any atom is 0.236 e. The number of hydrogen-bond acceptors (Lipinski definition) is 5. The number of rotatable bonds is 4. The van der Waals surface area contributed by atoms with Crippen LogP contribution in [0.5, 0.6) is 0 Å². The molecular weight excluding hydrogens is 325 g/mol. The number of halogens is 1. The molecule has 0 saturated carbocycles. The fourth-order valence-corrected chi connectivity index (χ4v) is 3.42. The maximum absolute atomic E-state index is 13.0. The predicted molar refractivity (Wildman–Crippen MR) is 91.3 cm³/mol. The lowest BCUT2D eigenvalue weighted by molar-refractivity contribution is -0.136. The fourth-order valence-electron chi connectivity index (χ4n) is 3.42. The van der Waals surface area contributed by atoms with Gasteiger partial charge in [-0.25, -0.2) is 9.37 Å². The molecule has 0 aliphatic carbocycles. The smallest absolute Gasteiger partial charge is 0.236 e. The predicted octanol–water partition coefficient (Wildman–Crippen LogP) is 0.0666. The van der Waals surface area contributed by atoms with Crippen molar-refractivity contribution in [3.63, 3.8) is 0 Å². The van der Waals surface area contributed by atoms with Gasteiger partial charge >= 0.3 is 0 Å². The van der Waals surface area contributed by atoms with Gasteiger partial charge in [-0.1, -0.05) is 0 Å². The van der Waals surface area contributed by atoms with Crippen molar-refractivity contribution >= 4 is 17.6 Å². The second kappa shape index (κ2) is 7.77. The quantitative estimate of drug-likeness (QED) is 0.832. The molecule has 2 N–H and O–H groups in total. The van der Waals surface area contributed by atoms with E-state index in [1.54, 1.807) is 11.0 Å². The van der Waals surface area contributed by atoms with Crippen molar-refractivity contribution in [1.82, 2.24) is 14.8 Å². The van der Waals surface area contributed by atoms with Crippen LogP contribution in [0.15, 0.2) is 18.3 Å². The van der Waals surface area contributed by atoms with E-state index < -0.39 is 0 Å². The van der Waals surface area contributed by atoms with E-state index in [1.807, 2.05) is 0 Å². The largest absolute Gasteiger partial charge is 0.369 e. The standard InChI is InChI=1S/C17H24FN5O2/c18-14-3-4-15(20-10-14)22-8-6-21(7-9-22)12-16(24)23-5-1-2-13(11-23)17(19)25/h3-4,10,13H,1-2,5-9,11-12H2,(H2,19,25). The molecule has 2 saturated heterocycles. The third-order valence-corrected chi connectivity index (χ3v) is 4.94. The molecule has 3 rings (SSSR count). The first kappa shape index (κ1) is 17.6. The lowest BCUT2D eigenvalue weighted by atomic mass is 9.97. The summed E-state index contributed by atoms with van der Waals surface area (Å²) in [6.45, 7) is 4.48. The van der Waals surface area contributed by atoms with E-state index in [-0.39, 0.29) is 23.5 Å². The van der Waals surface area contributed by atoms with E-state index in [0.717, 1.165) is 44.8 Å². The number of piperidine rings is 1. The molecule has 1 unspecified atom stereocenters. The summed E-state index contributed by atoms with van der Waals surface area (Å²) in [5.41, 5.74) is 5.37. The van der Waals surface area contributed by atoms with Crippen molar-refractivity contribution in [3.8, 4) is 0 Å². The SMILES string of the molecule is NC(=O)C1CCCN(C(=O)CN2CCN(c3ccc(F)cn3)CC2)C1. The Morgan fingerprint density at radius 3 is 2.60 bits per heavy atom. The van der Waals surface area contributed by atoms with Gasteiger partial charge in [-0.15, -0.1) is 0 Å². The molecule has 3 heterocycles. The minimum atomic E-state index is -0.344.